The van der Waals surface area contributed by atoms with E-state index in [-0.39, 0.29) is 5.91 Å². The molecule has 37 heavy (non-hydrogen) atoms. The summed E-state index contributed by atoms with van der Waals surface area (Å²) in [5, 5.41) is 12.5. The first-order chi connectivity index (χ1) is 18.0. The molecule has 5 heteroatoms. The second kappa shape index (κ2) is 12.3. The van der Waals surface area contributed by atoms with Crippen molar-refractivity contribution in [2.75, 3.05) is 16.0 Å². The summed E-state index contributed by atoms with van der Waals surface area (Å²) in [5.41, 5.74) is 7.90. The van der Waals surface area contributed by atoms with Crippen molar-refractivity contribution < 1.29 is 4.79 Å². The van der Waals surface area contributed by atoms with E-state index in [1.807, 2.05) is 24.3 Å². The topological polar surface area (TPSA) is 69.0 Å². The molecule has 192 valence electrons. The summed E-state index contributed by atoms with van der Waals surface area (Å²) in [6, 6.07) is 18.6. The Balaban J connectivity index is 1.52. The number of anilines is 3. The van der Waals surface area contributed by atoms with Crippen molar-refractivity contribution in [1.29, 1.82) is 0 Å². The van der Waals surface area contributed by atoms with Crippen LogP contribution in [0.25, 0.3) is 22.9 Å². The zero-order chi connectivity index (χ0) is 26.2. The third-order valence-corrected chi connectivity index (χ3v) is 6.72. The van der Waals surface area contributed by atoms with Crippen molar-refractivity contribution >= 4 is 34.6 Å². The summed E-state index contributed by atoms with van der Waals surface area (Å²) in [5.74, 6) is 0.821. The normalized spacial score (nSPS) is 14.0. The molecule has 1 aliphatic rings. The molecule has 4 N–H and O–H groups in total. The summed E-state index contributed by atoms with van der Waals surface area (Å²) >= 11 is 0. The molecule has 0 bridgehead atoms. The second-order valence-electron chi connectivity index (χ2n) is 9.58. The Morgan fingerprint density at radius 3 is 2.05 bits per heavy atom. The smallest absolute Gasteiger partial charge is 0.247 e. The highest BCUT2D eigenvalue weighted by Gasteiger charge is 2.15. The molecule has 5 nitrogen and oxygen atoms in total. The largest absolute Gasteiger partial charge is 0.355 e. The SMILES string of the molecule is C=CC(=O)Nc1ccc(NC(Nc2ccc(-c3cc(=C(\C)CCC)/c(=C\CC)[nH]3)cc2)=C2CCC2)cc1. The molecule has 3 aromatic rings. The lowest BCUT2D eigenvalue weighted by atomic mass is 9.92. The van der Waals surface area contributed by atoms with Gasteiger partial charge in [0.25, 0.3) is 0 Å². The zero-order valence-electron chi connectivity index (χ0n) is 22.2. The quantitative estimate of drug-likeness (QED) is 0.232. The van der Waals surface area contributed by atoms with Crippen LogP contribution < -0.4 is 26.5 Å². The first-order valence-corrected chi connectivity index (χ1v) is 13.3. The second-order valence-corrected chi connectivity index (χ2v) is 9.58. The highest BCUT2D eigenvalue weighted by molar-refractivity contribution is 5.98. The van der Waals surface area contributed by atoms with Crippen LogP contribution in [0.15, 0.2) is 78.6 Å². The van der Waals surface area contributed by atoms with E-state index in [0.29, 0.717) is 0 Å². The fourth-order valence-corrected chi connectivity index (χ4v) is 4.52. The van der Waals surface area contributed by atoms with Crippen molar-refractivity contribution in [2.24, 2.45) is 0 Å². The molecule has 1 heterocycles. The third-order valence-electron chi connectivity index (χ3n) is 6.72. The highest BCUT2D eigenvalue weighted by Crippen LogP contribution is 2.31. The van der Waals surface area contributed by atoms with E-state index in [1.54, 1.807) is 0 Å². The Hall–Kier alpha value is -3.99. The minimum absolute atomic E-state index is 0.215. The van der Waals surface area contributed by atoms with Gasteiger partial charge in [0, 0.05) is 28.1 Å². The number of carbonyl (C=O) groups excluding carboxylic acids is 1. The number of aromatic nitrogens is 1. The lowest BCUT2D eigenvalue weighted by Gasteiger charge is -2.24. The molecule has 4 rings (SSSR count). The van der Waals surface area contributed by atoms with Crippen LogP contribution in [0.3, 0.4) is 0 Å². The van der Waals surface area contributed by atoms with Gasteiger partial charge in [-0.3, -0.25) is 4.79 Å². The molecule has 0 atom stereocenters. The molecule has 1 fully saturated rings. The maximum atomic E-state index is 11.5. The van der Waals surface area contributed by atoms with Gasteiger partial charge in [0.05, 0.1) is 0 Å². The molecular formula is C32H38N4O. The van der Waals surface area contributed by atoms with Crippen LogP contribution in [0.2, 0.25) is 0 Å². The average Bonchev–Trinajstić information content (AvgIpc) is 3.29. The highest BCUT2D eigenvalue weighted by atomic mass is 16.1. The number of carbonyl (C=O) groups is 1. The fourth-order valence-electron chi connectivity index (χ4n) is 4.52. The van der Waals surface area contributed by atoms with Gasteiger partial charge in [0.2, 0.25) is 5.91 Å². The van der Waals surface area contributed by atoms with Crippen LogP contribution in [-0.4, -0.2) is 10.9 Å². The van der Waals surface area contributed by atoms with Gasteiger partial charge < -0.3 is 20.9 Å². The van der Waals surface area contributed by atoms with E-state index in [1.165, 1.54) is 39.8 Å². The van der Waals surface area contributed by atoms with Gasteiger partial charge in [-0.2, -0.15) is 0 Å². The van der Waals surface area contributed by atoms with Crippen molar-refractivity contribution in [3.8, 4) is 11.3 Å². The Morgan fingerprint density at radius 1 is 0.946 bits per heavy atom. The predicted octanol–water partition coefficient (Wildman–Crippen LogP) is 6.89. The van der Waals surface area contributed by atoms with Crippen LogP contribution in [0.1, 0.15) is 59.3 Å². The minimum atomic E-state index is -0.215. The van der Waals surface area contributed by atoms with Gasteiger partial charge >= 0.3 is 0 Å². The van der Waals surface area contributed by atoms with E-state index in [9.17, 15) is 4.79 Å². The molecule has 0 aliphatic heterocycles. The van der Waals surface area contributed by atoms with Crippen LogP contribution in [0.5, 0.6) is 0 Å². The third kappa shape index (κ3) is 6.62. The summed E-state index contributed by atoms with van der Waals surface area (Å²) in [6.07, 6.45) is 10.2. The van der Waals surface area contributed by atoms with Crippen LogP contribution >= 0.6 is 0 Å². The van der Waals surface area contributed by atoms with Crippen molar-refractivity contribution in [3.05, 3.63) is 89.2 Å². The number of hydrogen-bond acceptors (Lipinski definition) is 3. The minimum Gasteiger partial charge on any atom is -0.355 e. The fraction of sp³-hybridized carbons (Fsp3) is 0.281. The average molecular weight is 495 g/mol. The van der Waals surface area contributed by atoms with Crippen LogP contribution in [0.4, 0.5) is 17.1 Å². The molecule has 0 unspecified atom stereocenters. The molecule has 1 amide bonds. The van der Waals surface area contributed by atoms with Crippen molar-refractivity contribution in [3.63, 3.8) is 0 Å². The van der Waals surface area contributed by atoms with Gasteiger partial charge in [0.15, 0.2) is 0 Å². The van der Waals surface area contributed by atoms with Gasteiger partial charge in [-0.25, -0.2) is 0 Å². The van der Waals surface area contributed by atoms with Gasteiger partial charge in [0.1, 0.15) is 5.82 Å². The lowest BCUT2D eigenvalue weighted by Crippen LogP contribution is -2.24. The number of hydrogen-bond donors (Lipinski definition) is 4. The zero-order valence-corrected chi connectivity index (χ0v) is 22.2. The molecule has 1 aliphatic carbocycles. The molecule has 0 saturated heterocycles. The van der Waals surface area contributed by atoms with Crippen LogP contribution in [-0.2, 0) is 4.79 Å². The molecule has 0 spiro atoms. The summed E-state index contributed by atoms with van der Waals surface area (Å²) in [4.78, 5) is 15.2. The number of allylic oxidation sites excluding steroid dienone is 1. The summed E-state index contributed by atoms with van der Waals surface area (Å²) < 4.78 is 0. The van der Waals surface area contributed by atoms with E-state index >= 15 is 0 Å². The monoisotopic (exact) mass is 494 g/mol. The number of rotatable bonds is 10. The molecule has 2 aromatic carbocycles. The number of benzene rings is 2. The Morgan fingerprint density at radius 2 is 1.54 bits per heavy atom. The lowest BCUT2D eigenvalue weighted by molar-refractivity contribution is -0.111. The van der Waals surface area contributed by atoms with Crippen LogP contribution in [0, 0.1) is 0 Å². The van der Waals surface area contributed by atoms with E-state index in [2.05, 4.69) is 84.7 Å². The number of amides is 1. The summed E-state index contributed by atoms with van der Waals surface area (Å²) in [6.45, 7) is 10.1. The number of aromatic amines is 1. The molecule has 1 aromatic heterocycles. The van der Waals surface area contributed by atoms with Gasteiger partial charge in [-0.1, -0.05) is 50.6 Å². The van der Waals surface area contributed by atoms with E-state index < -0.39 is 0 Å². The summed E-state index contributed by atoms with van der Waals surface area (Å²) in [7, 11) is 0. The molecule has 1 saturated carbocycles. The van der Waals surface area contributed by atoms with Gasteiger partial charge in [-0.05, 0) is 104 Å². The Bertz CT molecular complexity index is 1390. The van der Waals surface area contributed by atoms with Gasteiger partial charge in [-0.15, -0.1) is 0 Å². The first-order valence-electron chi connectivity index (χ1n) is 13.3. The van der Waals surface area contributed by atoms with Crippen molar-refractivity contribution in [2.45, 2.75) is 59.3 Å². The maximum Gasteiger partial charge on any atom is 0.247 e. The van der Waals surface area contributed by atoms with E-state index in [4.69, 9.17) is 0 Å². The Labute approximate surface area is 220 Å². The first kappa shape index (κ1) is 26.1. The number of nitrogens with one attached hydrogen (secondary N) is 4. The predicted molar refractivity (Wildman–Crippen MR) is 158 cm³/mol. The molecule has 0 radical (unpaired) electrons. The van der Waals surface area contributed by atoms with E-state index in [0.717, 1.165) is 60.7 Å². The standard InChI is InChI=1S/C32H38N4O/c1-5-9-22(4)28-21-30(36-29(28)10-6-2)23-13-15-26(16-14-23)34-32(24-11-8-12-24)35-27-19-17-25(18-20-27)33-31(37)7-3/h7,10,13-21,34-36H,3,5-6,8-9,11-12H2,1-2,4H3,(H,33,37)/b28-22-,29-10+. The maximum absolute atomic E-state index is 11.5. The Kier molecular flexibility index (Phi) is 8.68. The number of H-pyrrole nitrogens is 1. The molecular weight excluding hydrogens is 456 g/mol. The van der Waals surface area contributed by atoms with Crippen molar-refractivity contribution in [1.82, 2.24) is 4.98 Å².